The summed E-state index contributed by atoms with van der Waals surface area (Å²) in [5.41, 5.74) is 1.98. The van der Waals surface area contributed by atoms with E-state index in [9.17, 15) is 0 Å². The zero-order chi connectivity index (χ0) is 13.7. The maximum atomic E-state index is 3.52. The van der Waals surface area contributed by atoms with E-state index in [-0.39, 0.29) is 0 Å². The van der Waals surface area contributed by atoms with Crippen LogP contribution in [-0.2, 0) is 5.41 Å². The lowest BCUT2D eigenvalue weighted by atomic mass is 9.95. The van der Waals surface area contributed by atoms with Crippen LogP contribution in [0.25, 0.3) is 0 Å². The third-order valence-electron chi connectivity index (χ3n) is 4.04. The van der Waals surface area contributed by atoms with Gasteiger partial charge in [0.05, 0.1) is 0 Å². The van der Waals surface area contributed by atoms with E-state index in [2.05, 4.69) is 61.4 Å². The molecule has 1 aliphatic carbocycles. The van der Waals surface area contributed by atoms with Gasteiger partial charge < -0.3 is 10.2 Å². The minimum absolute atomic E-state index is 0.452. The molecule has 0 aliphatic heterocycles. The van der Waals surface area contributed by atoms with Gasteiger partial charge in [-0.15, -0.1) is 0 Å². The van der Waals surface area contributed by atoms with Gasteiger partial charge in [0.1, 0.15) is 0 Å². The van der Waals surface area contributed by atoms with E-state index >= 15 is 0 Å². The molecule has 2 nitrogen and oxygen atoms in total. The van der Waals surface area contributed by atoms with Crippen LogP contribution < -0.4 is 5.32 Å². The van der Waals surface area contributed by atoms with Gasteiger partial charge in [-0.2, -0.15) is 0 Å². The fourth-order valence-corrected chi connectivity index (χ4v) is 2.74. The molecule has 1 fully saturated rings. The van der Waals surface area contributed by atoms with E-state index in [1.165, 1.54) is 24.9 Å². The van der Waals surface area contributed by atoms with E-state index < -0.39 is 0 Å². The first-order valence-corrected chi connectivity index (χ1v) is 7.57. The Hall–Kier alpha value is -0.860. The molecule has 1 aromatic rings. The Balaban J connectivity index is 1.75. The average molecular weight is 260 g/mol. The van der Waals surface area contributed by atoms with Gasteiger partial charge in [-0.25, -0.2) is 0 Å². The van der Waals surface area contributed by atoms with Gasteiger partial charge in [0.25, 0.3) is 0 Å². The van der Waals surface area contributed by atoms with Gasteiger partial charge in [0, 0.05) is 25.0 Å². The molecule has 0 atom stereocenters. The molecule has 0 bridgehead atoms. The lowest BCUT2D eigenvalue weighted by Crippen LogP contribution is -2.35. The number of hydrogen-bond acceptors (Lipinski definition) is 2. The van der Waals surface area contributed by atoms with Crippen molar-refractivity contribution in [2.45, 2.75) is 32.1 Å². The van der Waals surface area contributed by atoms with Crippen LogP contribution >= 0.6 is 0 Å². The summed E-state index contributed by atoms with van der Waals surface area (Å²) in [6, 6.07) is 11.0. The largest absolute Gasteiger partial charge is 0.315 e. The summed E-state index contributed by atoms with van der Waals surface area (Å²) in [6.07, 6.45) is 2.70. The van der Waals surface area contributed by atoms with E-state index in [0.29, 0.717) is 5.41 Å². The number of nitrogens with one attached hydrogen (secondary N) is 1. The minimum Gasteiger partial charge on any atom is -0.315 e. The van der Waals surface area contributed by atoms with Gasteiger partial charge in [-0.3, -0.25) is 0 Å². The molecule has 0 radical (unpaired) electrons. The number of hydrogen-bond donors (Lipinski definition) is 1. The summed E-state index contributed by atoms with van der Waals surface area (Å²) in [5.74, 6) is 0.740. The zero-order valence-electron chi connectivity index (χ0n) is 12.7. The Morgan fingerprint density at radius 3 is 2.47 bits per heavy atom. The second-order valence-electron chi connectivity index (χ2n) is 6.48. The highest BCUT2D eigenvalue weighted by Crippen LogP contribution is 2.48. The van der Waals surface area contributed by atoms with Crippen LogP contribution in [0.1, 0.15) is 32.3 Å². The summed E-state index contributed by atoms with van der Waals surface area (Å²) in [6.45, 7) is 9.06. The lowest BCUT2D eigenvalue weighted by molar-refractivity contribution is 0.299. The number of likely N-dealkylation sites (N-methyl/N-ethyl adjacent to an activating group) is 1. The van der Waals surface area contributed by atoms with Crippen LogP contribution in [0.4, 0.5) is 0 Å². The highest BCUT2D eigenvalue weighted by atomic mass is 15.1. The van der Waals surface area contributed by atoms with Gasteiger partial charge >= 0.3 is 0 Å². The van der Waals surface area contributed by atoms with E-state index in [1.807, 2.05) is 0 Å². The second-order valence-corrected chi connectivity index (χ2v) is 6.48. The van der Waals surface area contributed by atoms with Crippen LogP contribution in [-0.4, -0.2) is 38.1 Å². The first-order chi connectivity index (χ1) is 9.12. The summed E-state index contributed by atoms with van der Waals surface area (Å²) in [4.78, 5) is 2.48. The van der Waals surface area contributed by atoms with E-state index in [0.717, 1.165) is 25.6 Å². The quantitative estimate of drug-likeness (QED) is 0.723. The Kier molecular flexibility index (Phi) is 5.00. The second kappa shape index (κ2) is 6.53. The molecule has 1 saturated carbocycles. The molecular formula is C17H28N2. The molecule has 106 valence electrons. The maximum Gasteiger partial charge on any atom is 0.0104 e. The number of benzene rings is 1. The van der Waals surface area contributed by atoms with Crippen LogP contribution in [0.15, 0.2) is 30.3 Å². The van der Waals surface area contributed by atoms with Crippen molar-refractivity contribution in [3.63, 3.8) is 0 Å². The average Bonchev–Trinajstić information content (AvgIpc) is 3.16. The molecule has 2 rings (SSSR count). The summed E-state index contributed by atoms with van der Waals surface area (Å²) >= 11 is 0. The van der Waals surface area contributed by atoms with Crippen molar-refractivity contribution < 1.29 is 0 Å². The molecule has 19 heavy (non-hydrogen) atoms. The Bertz CT molecular complexity index is 368. The summed E-state index contributed by atoms with van der Waals surface area (Å²) in [5, 5.41) is 3.52. The minimum atomic E-state index is 0.452. The molecule has 0 aromatic heterocycles. The third-order valence-corrected chi connectivity index (χ3v) is 4.04. The van der Waals surface area contributed by atoms with Crippen LogP contribution in [0.2, 0.25) is 0 Å². The molecular weight excluding hydrogens is 232 g/mol. The van der Waals surface area contributed by atoms with Crippen molar-refractivity contribution in [3.05, 3.63) is 35.9 Å². The van der Waals surface area contributed by atoms with Gasteiger partial charge in [-0.1, -0.05) is 44.2 Å². The number of rotatable bonds is 8. The Morgan fingerprint density at radius 2 is 1.89 bits per heavy atom. The zero-order valence-corrected chi connectivity index (χ0v) is 12.7. The van der Waals surface area contributed by atoms with Crippen LogP contribution in [0, 0.1) is 5.92 Å². The molecule has 0 unspecified atom stereocenters. The predicted molar refractivity (Wildman–Crippen MR) is 82.6 cm³/mol. The molecule has 2 heteroatoms. The topological polar surface area (TPSA) is 15.3 Å². The predicted octanol–water partition coefficient (Wildman–Crippen LogP) is 2.90. The van der Waals surface area contributed by atoms with Crippen LogP contribution in [0.3, 0.4) is 0 Å². The van der Waals surface area contributed by atoms with Gasteiger partial charge in [0.15, 0.2) is 0 Å². The Labute approximate surface area is 118 Å². The lowest BCUT2D eigenvalue weighted by Gasteiger charge is -2.24. The molecule has 1 N–H and O–H groups in total. The summed E-state index contributed by atoms with van der Waals surface area (Å²) < 4.78 is 0. The van der Waals surface area contributed by atoms with Crippen molar-refractivity contribution in [2.24, 2.45) is 5.92 Å². The monoisotopic (exact) mass is 260 g/mol. The Morgan fingerprint density at radius 1 is 1.21 bits per heavy atom. The standard InChI is InChI=1S/C17H28N2/c1-15(2)13-18-11-12-19(3)14-17(9-10-17)16-7-5-4-6-8-16/h4-8,15,18H,9-14H2,1-3H3. The van der Waals surface area contributed by atoms with Crippen LogP contribution in [0.5, 0.6) is 0 Å². The van der Waals surface area contributed by atoms with Crippen molar-refractivity contribution in [2.75, 3.05) is 33.2 Å². The molecule has 0 heterocycles. The number of nitrogens with zero attached hydrogens (tertiary/aromatic N) is 1. The molecule has 1 aliphatic rings. The fraction of sp³-hybridized carbons (Fsp3) is 0.647. The van der Waals surface area contributed by atoms with E-state index in [1.54, 1.807) is 0 Å². The highest BCUT2D eigenvalue weighted by molar-refractivity contribution is 5.31. The first kappa shape index (κ1) is 14.5. The SMILES string of the molecule is CC(C)CNCCN(C)CC1(c2ccccc2)CC1. The molecule has 1 aromatic carbocycles. The van der Waals surface area contributed by atoms with E-state index in [4.69, 9.17) is 0 Å². The summed E-state index contributed by atoms with van der Waals surface area (Å²) in [7, 11) is 2.25. The highest BCUT2D eigenvalue weighted by Gasteiger charge is 2.44. The van der Waals surface area contributed by atoms with Gasteiger partial charge in [-0.05, 0) is 37.9 Å². The maximum absolute atomic E-state index is 3.52. The van der Waals surface area contributed by atoms with Crippen molar-refractivity contribution in [1.29, 1.82) is 0 Å². The molecule has 0 spiro atoms. The molecule has 0 amide bonds. The van der Waals surface area contributed by atoms with Crippen molar-refractivity contribution in [1.82, 2.24) is 10.2 Å². The normalized spacial score (nSPS) is 17.1. The first-order valence-electron chi connectivity index (χ1n) is 7.57. The van der Waals surface area contributed by atoms with Crippen molar-refractivity contribution in [3.8, 4) is 0 Å². The van der Waals surface area contributed by atoms with Crippen molar-refractivity contribution >= 4 is 0 Å². The third kappa shape index (κ3) is 4.32. The fourth-order valence-electron chi connectivity index (χ4n) is 2.74. The molecule has 0 saturated heterocycles. The van der Waals surface area contributed by atoms with Gasteiger partial charge in [0.2, 0.25) is 0 Å². The smallest absolute Gasteiger partial charge is 0.0104 e.